The monoisotopic (exact) mass is 343 g/mol. The molecular weight excluding hydrogens is 326 g/mol. The van der Waals surface area contributed by atoms with Crippen molar-refractivity contribution in [3.63, 3.8) is 0 Å². The van der Waals surface area contributed by atoms with Crippen LogP contribution in [0.15, 0.2) is 36.0 Å². The van der Waals surface area contributed by atoms with E-state index >= 15 is 0 Å². The van der Waals surface area contributed by atoms with Crippen molar-refractivity contribution in [1.29, 1.82) is 5.26 Å². The molecule has 1 aliphatic heterocycles. The molecule has 0 aliphatic carbocycles. The molecule has 0 unspecified atom stereocenters. The molecule has 0 atom stereocenters. The molecule has 2 rings (SSSR count). The first-order chi connectivity index (χ1) is 11.9. The predicted octanol–water partition coefficient (Wildman–Crippen LogP) is 1.14. The summed E-state index contributed by atoms with van der Waals surface area (Å²) in [5, 5.41) is 22.4. The molecular formula is C16H17N5O4. The smallest absolute Gasteiger partial charge is 0.271 e. The number of nitriles is 1. The molecule has 9 heteroatoms. The minimum absolute atomic E-state index is 0.121. The van der Waals surface area contributed by atoms with E-state index in [0.29, 0.717) is 25.9 Å². The van der Waals surface area contributed by atoms with Crippen LogP contribution in [0.3, 0.4) is 0 Å². The summed E-state index contributed by atoms with van der Waals surface area (Å²) in [5.41, 5.74) is 5.22. The maximum Gasteiger partial charge on any atom is 0.271 e. The maximum absolute atomic E-state index is 12.2. The third kappa shape index (κ3) is 4.78. The number of carbonyl (C=O) groups is 2. The average Bonchev–Trinajstić information content (AvgIpc) is 2.60. The summed E-state index contributed by atoms with van der Waals surface area (Å²) in [5.74, 6) is -1.18. The summed E-state index contributed by atoms with van der Waals surface area (Å²) in [6.07, 6.45) is 2.57. The summed E-state index contributed by atoms with van der Waals surface area (Å²) >= 11 is 0. The van der Waals surface area contributed by atoms with Crippen molar-refractivity contribution in [2.45, 2.75) is 12.8 Å². The highest BCUT2D eigenvalue weighted by molar-refractivity contribution is 6.06. The number of hydrogen-bond donors (Lipinski definition) is 2. The zero-order valence-electron chi connectivity index (χ0n) is 13.3. The van der Waals surface area contributed by atoms with Crippen LogP contribution in [0.1, 0.15) is 12.8 Å². The summed E-state index contributed by atoms with van der Waals surface area (Å²) in [6, 6.07) is 7.28. The zero-order valence-corrected chi connectivity index (χ0v) is 13.3. The lowest BCUT2D eigenvalue weighted by Crippen LogP contribution is -2.36. The van der Waals surface area contributed by atoms with E-state index in [1.807, 2.05) is 6.07 Å². The SMILES string of the molecule is N#C/C(=C/N1CCC(C(N)=O)CC1)C(=O)Nc1cccc([N+](=O)[O-])c1. The lowest BCUT2D eigenvalue weighted by atomic mass is 9.96. The number of nitro benzene ring substituents is 1. The fourth-order valence-electron chi connectivity index (χ4n) is 2.53. The van der Waals surface area contributed by atoms with Gasteiger partial charge >= 0.3 is 0 Å². The molecule has 9 nitrogen and oxygen atoms in total. The molecule has 1 aromatic carbocycles. The number of nitro groups is 1. The molecule has 130 valence electrons. The van der Waals surface area contributed by atoms with Gasteiger partial charge in [-0.3, -0.25) is 19.7 Å². The number of amides is 2. The Kier molecular flexibility index (Phi) is 5.68. The van der Waals surface area contributed by atoms with Gasteiger partial charge in [0, 0.05) is 43.0 Å². The molecule has 1 aliphatic rings. The molecule has 0 saturated carbocycles. The summed E-state index contributed by atoms with van der Waals surface area (Å²) in [4.78, 5) is 35.3. The molecule has 0 radical (unpaired) electrons. The van der Waals surface area contributed by atoms with Crippen LogP contribution in [0.5, 0.6) is 0 Å². The Labute approximate surface area is 143 Å². The van der Waals surface area contributed by atoms with Crippen LogP contribution in [0.2, 0.25) is 0 Å². The lowest BCUT2D eigenvalue weighted by molar-refractivity contribution is -0.384. The van der Waals surface area contributed by atoms with Crippen LogP contribution in [-0.2, 0) is 9.59 Å². The fraction of sp³-hybridized carbons (Fsp3) is 0.312. The van der Waals surface area contributed by atoms with E-state index < -0.39 is 10.8 Å². The van der Waals surface area contributed by atoms with Gasteiger partial charge < -0.3 is 16.0 Å². The van der Waals surface area contributed by atoms with Crippen LogP contribution in [-0.4, -0.2) is 34.7 Å². The van der Waals surface area contributed by atoms with Crippen LogP contribution in [0, 0.1) is 27.4 Å². The van der Waals surface area contributed by atoms with Crippen molar-refractivity contribution in [3.8, 4) is 6.07 Å². The molecule has 3 N–H and O–H groups in total. The number of non-ortho nitro benzene ring substituents is 1. The first-order valence-corrected chi connectivity index (χ1v) is 7.62. The van der Waals surface area contributed by atoms with Crippen molar-refractivity contribution >= 4 is 23.2 Å². The molecule has 0 aromatic heterocycles. The van der Waals surface area contributed by atoms with Crippen molar-refractivity contribution in [2.24, 2.45) is 11.7 Å². The van der Waals surface area contributed by atoms with Gasteiger partial charge in [0.25, 0.3) is 11.6 Å². The summed E-state index contributed by atoms with van der Waals surface area (Å²) < 4.78 is 0. The minimum atomic E-state index is -0.653. The Morgan fingerprint density at radius 2 is 2.08 bits per heavy atom. The molecule has 1 fully saturated rings. The summed E-state index contributed by atoms with van der Waals surface area (Å²) in [6.45, 7) is 1.03. The van der Waals surface area contributed by atoms with Crippen LogP contribution < -0.4 is 11.1 Å². The number of hydrogen-bond acceptors (Lipinski definition) is 6. The van der Waals surface area contributed by atoms with E-state index in [4.69, 9.17) is 5.73 Å². The third-order valence-corrected chi connectivity index (χ3v) is 3.92. The van der Waals surface area contributed by atoms with Gasteiger partial charge in [-0.15, -0.1) is 0 Å². The van der Waals surface area contributed by atoms with Crippen LogP contribution in [0.25, 0.3) is 0 Å². The number of benzene rings is 1. The molecule has 0 bridgehead atoms. The summed E-state index contributed by atoms with van der Waals surface area (Å²) in [7, 11) is 0. The van der Waals surface area contributed by atoms with E-state index in [0.717, 1.165) is 0 Å². The van der Waals surface area contributed by atoms with Gasteiger partial charge in [-0.25, -0.2) is 0 Å². The second kappa shape index (κ2) is 7.92. The molecule has 0 spiro atoms. The fourth-order valence-corrected chi connectivity index (χ4v) is 2.53. The highest BCUT2D eigenvalue weighted by atomic mass is 16.6. The zero-order chi connectivity index (χ0) is 18.4. The number of primary amides is 1. The second-order valence-corrected chi connectivity index (χ2v) is 5.63. The van der Waals surface area contributed by atoms with E-state index in [1.54, 1.807) is 4.90 Å². The number of nitrogens with two attached hydrogens (primary N) is 1. The number of nitrogens with one attached hydrogen (secondary N) is 1. The highest BCUT2D eigenvalue weighted by Gasteiger charge is 2.22. The Hall–Kier alpha value is -3.41. The average molecular weight is 343 g/mol. The number of nitrogens with zero attached hydrogens (tertiary/aromatic N) is 3. The standard InChI is InChI=1S/C16H17N5O4/c17-9-12(10-20-6-4-11(5-7-20)15(18)22)16(23)19-13-2-1-3-14(8-13)21(24)25/h1-3,8,10-11H,4-7H2,(H2,18,22)(H,19,23)/b12-10-. The minimum Gasteiger partial charge on any atom is -0.376 e. The predicted molar refractivity (Wildman–Crippen MR) is 88.9 cm³/mol. The van der Waals surface area contributed by atoms with Gasteiger partial charge in [-0.1, -0.05) is 6.07 Å². The van der Waals surface area contributed by atoms with Crippen LogP contribution >= 0.6 is 0 Å². The van der Waals surface area contributed by atoms with E-state index in [9.17, 15) is 25.0 Å². The van der Waals surface area contributed by atoms with Crippen molar-refractivity contribution in [1.82, 2.24) is 4.90 Å². The van der Waals surface area contributed by atoms with Gasteiger partial charge in [0.05, 0.1) is 4.92 Å². The molecule has 1 heterocycles. The second-order valence-electron chi connectivity index (χ2n) is 5.63. The Bertz CT molecular complexity index is 760. The van der Waals surface area contributed by atoms with E-state index in [2.05, 4.69) is 5.32 Å². The highest BCUT2D eigenvalue weighted by Crippen LogP contribution is 2.19. The quantitative estimate of drug-likeness (QED) is 0.355. The number of carbonyl (C=O) groups excluding carboxylic acids is 2. The molecule has 1 aromatic rings. The first kappa shape index (κ1) is 17.9. The lowest BCUT2D eigenvalue weighted by Gasteiger charge is -2.29. The van der Waals surface area contributed by atoms with E-state index in [1.165, 1.54) is 30.5 Å². The maximum atomic E-state index is 12.2. The normalized spacial score (nSPS) is 15.3. The van der Waals surface area contributed by atoms with Crippen molar-refractivity contribution < 1.29 is 14.5 Å². The Morgan fingerprint density at radius 3 is 2.64 bits per heavy atom. The molecule has 1 saturated heterocycles. The Balaban J connectivity index is 2.04. The van der Waals surface area contributed by atoms with Gasteiger partial charge in [0.15, 0.2) is 0 Å². The van der Waals surface area contributed by atoms with Gasteiger partial charge in [-0.2, -0.15) is 5.26 Å². The Morgan fingerprint density at radius 1 is 1.40 bits per heavy atom. The largest absolute Gasteiger partial charge is 0.376 e. The van der Waals surface area contributed by atoms with Gasteiger partial charge in [-0.05, 0) is 18.9 Å². The molecule has 25 heavy (non-hydrogen) atoms. The van der Waals surface area contributed by atoms with Crippen LogP contribution in [0.4, 0.5) is 11.4 Å². The van der Waals surface area contributed by atoms with E-state index in [-0.39, 0.29) is 28.8 Å². The van der Waals surface area contributed by atoms with Crippen molar-refractivity contribution in [2.75, 3.05) is 18.4 Å². The third-order valence-electron chi connectivity index (χ3n) is 3.92. The van der Waals surface area contributed by atoms with Crippen molar-refractivity contribution in [3.05, 3.63) is 46.2 Å². The first-order valence-electron chi connectivity index (χ1n) is 7.62. The number of piperidine rings is 1. The number of anilines is 1. The van der Waals surface area contributed by atoms with Gasteiger partial charge in [0.2, 0.25) is 5.91 Å². The number of likely N-dealkylation sites (tertiary alicyclic amines) is 1. The number of rotatable bonds is 5. The van der Waals surface area contributed by atoms with Gasteiger partial charge in [0.1, 0.15) is 11.6 Å². The topological polar surface area (TPSA) is 142 Å². The molecule has 2 amide bonds.